The molecule has 18 heavy (non-hydrogen) atoms. The molecule has 0 amide bonds. The van der Waals surface area contributed by atoms with Crippen molar-refractivity contribution in [3.8, 4) is 0 Å². The van der Waals surface area contributed by atoms with Crippen molar-refractivity contribution >= 4 is 0 Å². The first-order chi connectivity index (χ1) is 8.81. The van der Waals surface area contributed by atoms with Crippen molar-refractivity contribution in [1.29, 1.82) is 0 Å². The zero-order chi connectivity index (χ0) is 12.8. The minimum Gasteiger partial charge on any atom is -0.463 e. The first-order valence-electron chi connectivity index (χ1n) is 6.88. The molecular formula is C14H24N2O2. The van der Waals surface area contributed by atoms with Crippen LogP contribution in [0.15, 0.2) is 16.5 Å². The first-order valence-corrected chi connectivity index (χ1v) is 6.88. The van der Waals surface area contributed by atoms with Crippen molar-refractivity contribution in [1.82, 2.24) is 10.2 Å². The van der Waals surface area contributed by atoms with Gasteiger partial charge in [-0.25, -0.2) is 0 Å². The number of hydrogen-bond acceptors (Lipinski definition) is 4. The molecular weight excluding hydrogens is 228 g/mol. The maximum absolute atomic E-state index is 5.77. The van der Waals surface area contributed by atoms with E-state index in [0.29, 0.717) is 6.10 Å². The standard InChI is InChI=1S/C14H24N2O2/c1-3-17-12-6-8-16(9-7-12)11-14-5-4-13(18-14)10-15-2/h4-5,12,15H,3,6-11H2,1-2H3. The largest absolute Gasteiger partial charge is 0.463 e. The Morgan fingerprint density at radius 2 is 2.06 bits per heavy atom. The van der Waals surface area contributed by atoms with Crippen LogP contribution in [0.2, 0.25) is 0 Å². The summed E-state index contributed by atoms with van der Waals surface area (Å²) in [5.74, 6) is 2.08. The molecule has 1 saturated heterocycles. The minimum atomic E-state index is 0.461. The number of nitrogens with one attached hydrogen (secondary N) is 1. The Hall–Kier alpha value is -0.840. The van der Waals surface area contributed by atoms with Gasteiger partial charge in [0.25, 0.3) is 0 Å². The second-order valence-corrected chi connectivity index (χ2v) is 4.83. The van der Waals surface area contributed by atoms with Crippen molar-refractivity contribution in [3.05, 3.63) is 23.7 Å². The summed E-state index contributed by atoms with van der Waals surface area (Å²) in [6.07, 6.45) is 2.73. The number of piperidine rings is 1. The van der Waals surface area contributed by atoms with Crippen LogP contribution in [0.5, 0.6) is 0 Å². The fourth-order valence-corrected chi connectivity index (χ4v) is 2.47. The smallest absolute Gasteiger partial charge is 0.118 e. The molecule has 1 aromatic rings. The van der Waals surface area contributed by atoms with Gasteiger partial charge in [0, 0.05) is 19.7 Å². The molecule has 0 saturated carbocycles. The molecule has 1 aromatic heterocycles. The van der Waals surface area contributed by atoms with Crippen LogP contribution in [0, 0.1) is 0 Å². The number of ether oxygens (including phenoxy) is 1. The molecule has 4 heteroatoms. The molecule has 102 valence electrons. The van der Waals surface area contributed by atoms with E-state index in [2.05, 4.69) is 29.3 Å². The van der Waals surface area contributed by atoms with Gasteiger partial charge in [-0.15, -0.1) is 0 Å². The summed E-state index contributed by atoms with van der Waals surface area (Å²) in [6, 6.07) is 4.14. The van der Waals surface area contributed by atoms with E-state index in [1.165, 1.54) is 0 Å². The molecule has 0 aliphatic carbocycles. The predicted molar refractivity (Wildman–Crippen MR) is 71.4 cm³/mol. The zero-order valence-corrected chi connectivity index (χ0v) is 11.4. The Balaban J connectivity index is 1.76. The third-order valence-corrected chi connectivity index (χ3v) is 3.38. The van der Waals surface area contributed by atoms with Crippen molar-refractivity contribution in [2.45, 2.75) is 39.0 Å². The SMILES string of the molecule is CCOC1CCN(Cc2ccc(CNC)o2)CC1. The lowest BCUT2D eigenvalue weighted by atomic mass is 10.1. The van der Waals surface area contributed by atoms with Gasteiger partial charge < -0.3 is 14.5 Å². The lowest BCUT2D eigenvalue weighted by Crippen LogP contribution is -2.36. The first kappa shape index (κ1) is 13.6. The third-order valence-electron chi connectivity index (χ3n) is 3.38. The van der Waals surface area contributed by atoms with E-state index >= 15 is 0 Å². The van der Waals surface area contributed by atoms with E-state index in [-0.39, 0.29) is 0 Å². The van der Waals surface area contributed by atoms with Gasteiger partial charge in [0.2, 0.25) is 0 Å². The average Bonchev–Trinajstić information content (AvgIpc) is 2.80. The molecule has 0 bridgehead atoms. The Kier molecular flexibility index (Phi) is 5.23. The van der Waals surface area contributed by atoms with Crippen molar-refractivity contribution in [2.24, 2.45) is 0 Å². The summed E-state index contributed by atoms with van der Waals surface area (Å²) in [4.78, 5) is 2.44. The van der Waals surface area contributed by atoms with Crippen LogP contribution in [-0.2, 0) is 17.8 Å². The highest BCUT2D eigenvalue weighted by atomic mass is 16.5. The van der Waals surface area contributed by atoms with E-state index in [1.54, 1.807) is 0 Å². The lowest BCUT2D eigenvalue weighted by molar-refractivity contribution is 0.0111. The Morgan fingerprint density at radius 1 is 1.33 bits per heavy atom. The average molecular weight is 252 g/mol. The molecule has 0 unspecified atom stereocenters. The molecule has 4 nitrogen and oxygen atoms in total. The molecule has 2 heterocycles. The van der Waals surface area contributed by atoms with Crippen LogP contribution >= 0.6 is 0 Å². The molecule has 1 aliphatic heterocycles. The zero-order valence-electron chi connectivity index (χ0n) is 11.4. The van der Waals surface area contributed by atoms with Crippen molar-refractivity contribution < 1.29 is 9.15 Å². The topological polar surface area (TPSA) is 37.6 Å². The van der Waals surface area contributed by atoms with Gasteiger partial charge in [0.15, 0.2) is 0 Å². The molecule has 0 radical (unpaired) electrons. The fraction of sp³-hybridized carbons (Fsp3) is 0.714. The summed E-state index contributed by atoms with van der Waals surface area (Å²) in [7, 11) is 1.93. The number of furan rings is 1. The van der Waals surface area contributed by atoms with E-state index in [4.69, 9.17) is 9.15 Å². The van der Waals surface area contributed by atoms with Gasteiger partial charge >= 0.3 is 0 Å². The maximum Gasteiger partial charge on any atom is 0.118 e. The summed E-state index contributed by atoms with van der Waals surface area (Å²) in [5.41, 5.74) is 0. The highest BCUT2D eigenvalue weighted by Crippen LogP contribution is 2.17. The van der Waals surface area contributed by atoms with E-state index in [1.807, 2.05) is 7.05 Å². The van der Waals surface area contributed by atoms with E-state index in [0.717, 1.165) is 57.1 Å². The van der Waals surface area contributed by atoms with Crippen LogP contribution < -0.4 is 5.32 Å². The third kappa shape index (κ3) is 3.83. The number of nitrogens with zero attached hydrogens (tertiary/aromatic N) is 1. The van der Waals surface area contributed by atoms with Gasteiger partial charge in [0.05, 0.1) is 19.2 Å². The second kappa shape index (κ2) is 6.92. The summed E-state index contributed by atoms with van der Waals surface area (Å²) in [5, 5.41) is 3.10. The Bertz CT molecular complexity index is 343. The van der Waals surface area contributed by atoms with Crippen LogP contribution in [0.25, 0.3) is 0 Å². The Morgan fingerprint density at radius 3 is 2.72 bits per heavy atom. The molecule has 0 spiro atoms. The molecule has 0 aromatic carbocycles. The van der Waals surface area contributed by atoms with Crippen LogP contribution in [0.3, 0.4) is 0 Å². The summed E-state index contributed by atoms with van der Waals surface area (Å²) >= 11 is 0. The number of likely N-dealkylation sites (tertiary alicyclic amines) is 1. The monoisotopic (exact) mass is 252 g/mol. The molecule has 1 N–H and O–H groups in total. The van der Waals surface area contributed by atoms with Crippen LogP contribution in [0.1, 0.15) is 31.3 Å². The summed E-state index contributed by atoms with van der Waals surface area (Å²) < 4.78 is 11.4. The van der Waals surface area contributed by atoms with E-state index < -0.39 is 0 Å². The molecule has 1 fully saturated rings. The molecule has 0 atom stereocenters. The predicted octanol–water partition coefficient (Wildman–Crippen LogP) is 2.00. The fourth-order valence-electron chi connectivity index (χ4n) is 2.47. The van der Waals surface area contributed by atoms with Gasteiger partial charge in [-0.2, -0.15) is 0 Å². The summed E-state index contributed by atoms with van der Waals surface area (Å²) in [6.45, 7) is 6.82. The van der Waals surface area contributed by atoms with Crippen LogP contribution in [-0.4, -0.2) is 37.7 Å². The maximum atomic E-state index is 5.77. The highest BCUT2D eigenvalue weighted by Gasteiger charge is 2.19. The minimum absolute atomic E-state index is 0.461. The van der Waals surface area contributed by atoms with E-state index in [9.17, 15) is 0 Å². The lowest BCUT2D eigenvalue weighted by Gasteiger charge is -2.31. The van der Waals surface area contributed by atoms with Crippen molar-refractivity contribution in [3.63, 3.8) is 0 Å². The van der Waals surface area contributed by atoms with Gasteiger partial charge in [-0.3, -0.25) is 4.90 Å². The highest BCUT2D eigenvalue weighted by molar-refractivity contribution is 5.07. The number of hydrogen-bond donors (Lipinski definition) is 1. The Labute approximate surface area is 109 Å². The normalized spacial score (nSPS) is 18.3. The quantitative estimate of drug-likeness (QED) is 0.840. The van der Waals surface area contributed by atoms with Crippen molar-refractivity contribution in [2.75, 3.05) is 26.7 Å². The van der Waals surface area contributed by atoms with Gasteiger partial charge in [-0.1, -0.05) is 0 Å². The second-order valence-electron chi connectivity index (χ2n) is 4.83. The van der Waals surface area contributed by atoms with Gasteiger partial charge in [0.1, 0.15) is 11.5 Å². The van der Waals surface area contributed by atoms with Gasteiger partial charge in [-0.05, 0) is 38.9 Å². The molecule has 2 rings (SSSR count). The van der Waals surface area contributed by atoms with Crippen LogP contribution in [0.4, 0.5) is 0 Å². The molecule has 1 aliphatic rings. The number of rotatable bonds is 6.